The minimum Gasteiger partial charge on any atom is -0.466 e. The van der Waals surface area contributed by atoms with Crippen LogP contribution in [0, 0.1) is 0 Å². The van der Waals surface area contributed by atoms with Crippen molar-refractivity contribution in [1.29, 1.82) is 0 Å². The van der Waals surface area contributed by atoms with Crippen LogP contribution in [0.4, 0.5) is 5.69 Å². The molecule has 1 aromatic carbocycles. The lowest BCUT2D eigenvalue weighted by atomic mass is 10.0. The zero-order valence-electron chi connectivity index (χ0n) is 16.4. The maximum absolute atomic E-state index is 10.6. The summed E-state index contributed by atoms with van der Waals surface area (Å²) in [5.41, 5.74) is 1.25. The summed E-state index contributed by atoms with van der Waals surface area (Å²) in [5, 5.41) is 17.0. The first-order chi connectivity index (χ1) is 13.1. The predicted molar refractivity (Wildman–Crippen MR) is 124 cm³/mol. The van der Waals surface area contributed by atoms with E-state index in [1.165, 1.54) is 5.69 Å². The number of benzene rings is 1. The van der Waals surface area contributed by atoms with Gasteiger partial charge < -0.3 is 25.1 Å². The van der Waals surface area contributed by atoms with Crippen molar-refractivity contribution >= 4 is 35.6 Å². The number of rotatable bonds is 7. The number of hydrogen-bond donors (Lipinski definition) is 3. The highest BCUT2D eigenvalue weighted by Crippen LogP contribution is 2.20. The minimum absolute atomic E-state index is 0. The maximum atomic E-state index is 10.6. The smallest absolute Gasteiger partial charge is 0.191 e. The SMILES string of the molecule is CCNC(=NCc1cccc(N2CC=CC2)c1)NCC(C)(O)c1ccco1.I. The molecule has 3 rings (SSSR count). The van der Waals surface area contributed by atoms with Gasteiger partial charge in [-0.05, 0) is 43.7 Å². The Labute approximate surface area is 183 Å². The third kappa shape index (κ3) is 6.00. The molecule has 3 N–H and O–H groups in total. The highest BCUT2D eigenvalue weighted by atomic mass is 127. The summed E-state index contributed by atoms with van der Waals surface area (Å²) in [6.07, 6.45) is 5.93. The number of nitrogens with one attached hydrogen (secondary N) is 2. The molecule has 1 aromatic heterocycles. The Kier molecular flexibility index (Phi) is 8.37. The molecule has 2 aromatic rings. The molecule has 0 radical (unpaired) electrons. The number of halogens is 1. The third-order valence-electron chi connectivity index (χ3n) is 4.51. The van der Waals surface area contributed by atoms with Crippen LogP contribution >= 0.6 is 24.0 Å². The standard InChI is InChI=1S/C21H28N4O2.HI/c1-3-22-20(24-16-21(2,26)19-10-7-13-27-19)23-15-17-8-6-9-18(14-17)25-11-4-5-12-25;/h4-10,13-14,26H,3,11-12,15-16H2,1-2H3,(H2,22,23,24);1H. The Morgan fingerprint density at radius 2 is 2.00 bits per heavy atom. The quantitative estimate of drug-likeness (QED) is 0.238. The van der Waals surface area contributed by atoms with Gasteiger partial charge in [-0.1, -0.05) is 24.3 Å². The van der Waals surface area contributed by atoms with Crippen LogP contribution in [0.3, 0.4) is 0 Å². The fourth-order valence-electron chi connectivity index (χ4n) is 2.98. The second-order valence-corrected chi connectivity index (χ2v) is 6.85. The van der Waals surface area contributed by atoms with Crippen LogP contribution in [0.1, 0.15) is 25.2 Å². The van der Waals surface area contributed by atoms with Gasteiger partial charge in [-0.15, -0.1) is 24.0 Å². The topological polar surface area (TPSA) is 73.0 Å². The van der Waals surface area contributed by atoms with Gasteiger partial charge in [0.1, 0.15) is 11.4 Å². The van der Waals surface area contributed by atoms with E-state index in [4.69, 9.17) is 4.42 Å². The fourth-order valence-corrected chi connectivity index (χ4v) is 2.98. The second kappa shape index (κ2) is 10.5. The summed E-state index contributed by atoms with van der Waals surface area (Å²) in [6, 6.07) is 12.0. The van der Waals surface area contributed by atoms with Gasteiger partial charge in [-0.25, -0.2) is 4.99 Å². The van der Waals surface area contributed by atoms with Crippen LogP contribution in [0.15, 0.2) is 64.2 Å². The molecule has 1 unspecified atom stereocenters. The second-order valence-electron chi connectivity index (χ2n) is 6.85. The van der Waals surface area contributed by atoms with Crippen LogP contribution in [0.25, 0.3) is 0 Å². The number of furan rings is 1. The Hall–Kier alpha value is -2.00. The molecule has 0 saturated carbocycles. The lowest BCUT2D eigenvalue weighted by Gasteiger charge is -2.22. The van der Waals surface area contributed by atoms with Gasteiger partial charge >= 0.3 is 0 Å². The number of guanidine groups is 1. The molecule has 1 aliphatic rings. The molecule has 0 bridgehead atoms. The van der Waals surface area contributed by atoms with Crippen molar-refractivity contribution in [3.05, 3.63) is 66.1 Å². The van der Waals surface area contributed by atoms with Crippen molar-refractivity contribution in [2.24, 2.45) is 4.99 Å². The molecular weight excluding hydrogens is 467 g/mol. The first-order valence-corrected chi connectivity index (χ1v) is 9.36. The zero-order chi connectivity index (χ0) is 19.1. The van der Waals surface area contributed by atoms with E-state index in [0.717, 1.165) is 25.2 Å². The van der Waals surface area contributed by atoms with Crippen molar-refractivity contribution in [3.63, 3.8) is 0 Å². The first-order valence-electron chi connectivity index (χ1n) is 9.36. The minimum atomic E-state index is -1.11. The monoisotopic (exact) mass is 496 g/mol. The number of aliphatic imine (C=N–C) groups is 1. The van der Waals surface area contributed by atoms with Crippen LogP contribution in [-0.2, 0) is 12.1 Å². The normalized spacial score (nSPS) is 15.8. The van der Waals surface area contributed by atoms with Crippen LogP contribution in [0.2, 0.25) is 0 Å². The summed E-state index contributed by atoms with van der Waals surface area (Å²) in [5.74, 6) is 1.19. The highest BCUT2D eigenvalue weighted by Gasteiger charge is 2.26. The molecule has 7 heteroatoms. The zero-order valence-corrected chi connectivity index (χ0v) is 18.7. The van der Waals surface area contributed by atoms with E-state index >= 15 is 0 Å². The van der Waals surface area contributed by atoms with Gasteiger partial charge in [-0.2, -0.15) is 0 Å². The van der Waals surface area contributed by atoms with Crippen molar-refractivity contribution < 1.29 is 9.52 Å². The van der Waals surface area contributed by atoms with Crippen LogP contribution in [-0.4, -0.2) is 37.2 Å². The lowest BCUT2D eigenvalue weighted by Crippen LogP contribution is -2.44. The molecular formula is C21H29IN4O2. The van der Waals surface area contributed by atoms with E-state index in [2.05, 4.69) is 56.9 Å². The molecule has 0 fully saturated rings. The molecule has 28 heavy (non-hydrogen) atoms. The molecule has 2 heterocycles. The van der Waals surface area contributed by atoms with Crippen molar-refractivity contribution in [3.8, 4) is 0 Å². The largest absolute Gasteiger partial charge is 0.466 e. The summed E-state index contributed by atoms with van der Waals surface area (Å²) in [4.78, 5) is 6.97. The van der Waals surface area contributed by atoms with E-state index in [0.29, 0.717) is 24.8 Å². The lowest BCUT2D eigenvalue weighted by molar-refractivity contribution is 0.0386. The molecule has 0 saturated heterocycles. The van der Waals surface area contributed by atoms with E-state index in [9.17, 15) is 5.11 Å². The van der Waals surface area contributed by atoms with Gasteiger partial charge in [0.25, 0.3) is 0 Å². The summed E-state index contributed by atoms with van der Waals surface area (Å²) >= 11 is 0. The van der Waals surface area contributed by atoms with Gasteiger partial charge in [-0.3, -0.25) is 0 Å². The Morgan fingerprint density at radius 3 is 2.68 bits per heavy atom. The number of aliphatic hydroxyl groups is 1. The first kappa shape index (κ1) is 22.3. The third-order valence-corrected chi connectivity index (χ3v) is 4.51. The van der Waals surface area contributed by atoms with E-state index in [1.807, 2.05) is 6.92 Å². The van der Waals surface area contributed by atoms with Gasteiger partial charge in [0.2, 0.25) is 0 Å². The summed E-state index contributed by atoms with van der Waals surface area (Å²) < 4.78 is 5.32. The Morgan fingerprint density at radius 1 is 1.21 bits per heavy atom. The summed E-state index contributed by atoms with van der Waals surface area (Å²) in [6.45, 7) is 7.25. The van der Waals surface area contributed by atoms with E-state index in [-0.39, 0.29) is 24.0 Å². The van der Waals surface area contributed by atoms with Crippen LogP contribution < -0.4 is 15.5 Å². The fraction of sp³-hybridized carbons (Fsp3) is 0.381. The highest BCUT2D eigenvalue weighted by molar-refractivity contribution is 14.0. The molecule has 0 amide bonds. The average molecular weight is 496 g/mol. The van der Waals surface area contributed by atoms with Gasteiger partial charge in [0, 0.05) is 25.3 Å². The van der Waals surface area contributed by atoms with Crippen molar-refractivity contribution in [2.45, 2.75) is 26.0 Å². The Bertz CT molecular complexity index is 779. The number of anilines is 1. The maximum Gasteiger partial charge on any atom is 0.191 e. The number of nitrogens with zero attached hydrogens (tertiary/aromatic N) is 2. The van der Waals surface area contributed by atoms with Gasteiger partial charge in [0.05, 0.1) is 19.4 Å². The molecule has 0 aliphatic carbocycles. The Balaban J connectivity index is 0.00000280. The molecule has 1 atom stereocenters. The van der Waals surface area contributed by atoms with Crippen molar-refractivity contribution in [2.75, 3.05) is 31.1 Å². The molecule has 1 aliphatic heterocycles. The van der Waals surface area contributed by atoms with Crippen molar-refractivity contribution in [1.82, 2.24) is 10.6 Å². The molecule has 152 valence electrons. The van der Waals surface area contributed by atoms with Crippen LogP contribution in [0.5, 0.6) is 0 Å². The molecule has 6 nitrogen and oxygen atoms in total. The van der Waals surface area contributed by atoms with E-state index in [1.54, 1.807) is 25.3 Å². The van der Waals surface area contributed by atoms with E-state index < -0.39 is 5.60 Å². The average Bonchev–Trinajstić information content (AvgIpc) is 3.38. The molecule has 0 spiro atoms. The van der Waals surface area contributed by atoms with Gasteiger partial charge in [0.15, 0.2) is 5.96 Å². The predicted octanol–water partition coefficient (Wildman–Crippen LogP) is 3.24. The summed E-state index contributed by atoms with van der Waals surface area (Å²) in [7, 11) is 0. The number of hydrogen-bond acceptors (Lipinski definition) is 4.